The predicted octanol–water partition coefficient (Wildman–Crippen LogP) is 8.22. The minimum atomic E-state index is -0.768. The summed E-state index contributed by atoms with van der Waals surface area (Å²) in [5, 5.41) is 27.1. The Morgan fingerprint density at radius 1 is 0.436 bits per heavy atom. The summed E-state index contributed by atoms with van der Waals surface area (Å²) in [5.41, 5.74) is 0. The van der Waals surface area contributed by atoms with Gasteiger partial charge in [-0.1, -0.05) is 70.3 Å². The summed E-state index contributed by atoms with van der Waals surface area (Å²) in [7, 11) is 0. The Bertz CT molecular complexity index is 581. The fraction of sp³-hybridized carbons (Fsp3) is 0.844. The fourth-order valence-corrected chi connectivity index (χ4v) is 5.52. The molecule has 39 heavy (non-hydrogen) atoms. The summed E-state index contributed by atoms with van der Waals surface area (Å²) in [4.78, 5) is 32.9. The van der Waals surface area contributed by atoms with Gasteiger partial charge in [0.15, 0.2) is 0 Å². The van der Waals surface area contributed by atoms with E-state index in [0.29, 0.717) is 19.3 Å². The summed E-state index contributed by atoms with van der Waals surface area (Å²) in [6.07, 6.45) is 24.9. The zero-order valence-corrected chi connectivity index (χ0v) is 24.9. The number of carboxylic acid groups (broad SMARTS) is 3. The maximum Gasteiger partial charge on any atom is 0.303 e. The molecule has 0 aliphatic rings. The molecule has 3 N–H and O–H groups in total. The van der Waals surface area contributed by atoms with Crippen molar-refractivity contribution in [2.75, 3.05) is 26.2 Å². The minimum absolute atomic E-state index is 0.174. The van der Waals surface area contributed by atoms with E-state index in [1.54, 1.807) is 0 Å². The molecular weight excluding hydrogens is 494 g/mol. The number of allylic oxidation sites excluding steroid dienone is 1. The third-order valence-electron chi connectivity index (χ3n) is 7.86. The molecule has 0 heterocycles. The summed E-state index contributed by atoms with van der Waals surface area (Å²) in [6, 6.07) is 0. The molecule has 0 spiro atoms. The Labute approximate surface area is 238 Å². The highest BCUT2D eigenvalue weighted by Gasteiger charge is 2.26. The van der Waals surface area contributed by atoms with E-state index >= 15 is 0 Å². The van der Waals surface area contributed by atoms with Gasteiger partial charge in [-0.25, -0.2) is 0 Å². The largest absolute Gasteiger partial charge is 0.481 e. The zero-order valence-electron chi connectivity index (χ0n) is 24.9. The molecule has 228 valence electrons. The van der Waals surface area contributed by atoms with E-state index in [4.69, 9.17) is 15.3 Å². The highest BCUT2D eigenvalue weighted by atomic mass is 16.4. The van der Waals surface area contributed by atoms with Crippen LogP contribution in [0.1, 0.15) is 148 Å². The average molecular weight is 555 g/mol. The van der Waals surface area contributed by atoms with Gasteiger partial charge in [0, 0.05) is 19.3 Å². The average Bonchev–Trinajstić information content (AvgIpc) is 2.89. The van der Waals surface area contributed by atoms with Crippen molar-refractivity contribution in [3.63, 3.8) is 0 Å². The zero-order chi connectivity index (χ0) is 29.0. The van der Waals surface area contributed by atoms with Crippen molar-refractivity contribution in [2.45, 2.75) is 148 Å². The molecule has 0 rings (SSSR count). The lowest BCUT2D eigenvalue weighted by Gasteiger charge is -2.39. The molecular formula is C32H60NO6+. The normalized spacial score (nSPS) is 11.5. The van der Waals surface area contributed by atoms with Gasteiger partial charge in [0.05, 0.1) is 26.2 Å². The van der Waals surface area contributed by atoms with Crippen LogP contribution in [-0.4, -0.2) is 63.9 Å². The number of aliphatic carboxylic acids is 3. The van der Waals surface area contributed by atoms with E-state index < -0.39 is 17.9 Å². The van der Waals surface area contributed by atoms with E-state index in [0.717, 1.165) is 62.8 Å². The van der Waals surface area contributed by atoms with Crippen LogP contribution >= 0.6 is 0 Å². The number of hydrogen-bond donors (Lipinski definition) is 3. The van der Waals surface area contributed by atoms with Gasteiger partial charge < -0.3 is 19.8 Å². The van der Waals surface area contributed by atoms with Gasteiger partial charge >= 0.3 is 17.9 Å². The Morgan fingerprint density at radius 3 is 0.974 bits per heavy atom. The first kappa shape index (κ1) is 37.1. The van der Waals surface area contributed by atoms with Crippen molar-refractivity contribution in [3.05, 3.63) is 12.7 Å². The Morgan fingerprint density at radius 2 is 0.692 bits per heavy atom. The van der Waals surface area contributed by atoms with Crippen LogP contribution in [0.25, 0.3) is 0 Å². The molecule has 0 saturated heterocycles. The van der Waals surface area contributed by atoms with Crippen LogP contribution in [0.4, 0.5) is 0 Å². The fourth-order valence-electron chi connectivity index (χ4n) is 5.52. The van der Waals surface area contributed by atoms with Crippen molar-refractivity contribution in [1.29, 1.82) is 0 Å². The predicted molar refractivity (Wildman–Crippen MR) is 159 cm³/mol. The van der Waals surface area contributed by atoms with Gasteiger partial charge in [0.2, 0.25) is 0 Å². The molecule has 0 aliphatic carbocycles. The van der Waals surface area contributed by atoms with Crippen LogP contribution in [0.5, 0.6) is 0 Å². The molecule has 0 atom stereocenters. The second-order valence-corrected chi connectivity index (χ2v) is 11.5. The van der Waals surface area contributed by atoms with Crippen molar-refractivity contribution in [1.82, 2.24) is 0 Å². The SMILES string of the molecule is C=CCCCCCCCCCCCCCCC[N+](CCCCC(=O)O)(CCCCC(=O)O)CCCCC(=O)O. The van der Waals surface area contributed by atoms with E-state index in [2.05, 4.69) is 6.58 Å². The van der Waals surface area contributed by atoms with Gasteiger partial charge in [-0.05, 0) is 64.2 Å². The molecule has 0 unspecified atom stereocenters. The van der Waals surface area contributed by atoms with E-state index in [-0.39, 0.29) is 19.3 Å². The van der Waals surface area contributed by atoms with Crippen LogP contribution in [0.3, 0.4) is 0 Å². The van der Waals surface area contributed by atoms with Crippen molar-refractivity contribution < 1.29 is 34.2 Å². The number of carbonyl (C=O) groups is 3. The number of quaternary nitrogens is 1. The summed E-state index contributed by atoms with van der Waals surface area (Å²) in [5.74, 6) is -2.30. The van der Waals surface area contributed by atoms with E-state index in [1.165, 1.54) is 77.0 Å². The second kappa shape index (κ2) is 26.3. The first-order chi connectivity index (χ1) is 18.8. The van der Waals surface area contributed by atoms with Gasteiger partial charge in [-0.15, -0.1) is 6.58 Å². The number of carboxylic acids is 3. The minimum Gasteiger partial charge on any atom is -0.481 e. The first-order valence-electron chi connectivity index (χ1n) is 15.9. The van der Waals surface area contributed by atoms with Gasteiger partial charge in [-0.2, -0.15) is 0 Å². The van der Waals surface area contributed by atoms with E-state index in [1.807, 2.05) is 6.08 Å². The highest BCUT2D eigenvalue weighted by Crippen LogP contribution is 2.20. The molecule has 0 radical (unpaired) electrons. The molecule has 7 heteroatoms. The number of rotatable bonds is 31. The van der Waals surface area contributed by atoms with Crippen LogP contribution in [0, 0.1) is 0 Å². The molecule has 0 saturated carbocycles. The molecule has 0 fully saturated rings. The molecule has 0 aromatic rings. The van der Waals surface area contributed by atoms with Gasteiger partial charge in [0.1, 0.15) is 0 Å². The number of nitrogens with zero attached hydrogens (tertiary/aromatic N) is 1. The van der Waals surface area contributed by atoms with E-state index in [9.17, 15) is 14.4 Å². The lowest BCUT2D eigenvalue weighted by atomic mass is 10.0. The Kier molecular flexibility index (Phi) is 25.1. The standard InChI is InChI=1S/C32H59NO6/c1-2-3-4-5-6-7-8-9-10-11-12-13-14-15-19-26-33(27-20-16-23-30(34)35,28-21-17-24-31(36)37)29-22-18-25-32(38)39/h2H,1,3-29H2,(H2-,34,35,36,37,38,39)/p+1. The molecule has 0 amide bonds. The number of hydrogen-bond acceptors (Lipinski definition) is 3. The van der Waals surface area contributed by atoms with Crippen molar-refractivity contribution in [3.8, 4) is 0 Å². The lowest BCUT2D eigenvalue weighted by Crippen LogP contribution is -2.51. The van der Waals surface area contributed by atoms with Crippen LogP contribution in [0.2, 0.25) is 0 Å². The van der Waals surface area contributed by atoms with Crippen LogP contribution < -0.4 is 0 Å². The van der Waals surface area contributed by atoms with Crippen molar-refractivity contribution >= 4 is 17.9 Å². The molecule has 0 aliphatic heterocycles. The molecule has 0 aromatic carbocycles. The van der Waals surface area contributed by atoms with Gasteiger partial charge in [0.25, 0.3) is 0 Å². The molecule has 0 bridgehead atoms. The number of unbranched alkanes of at least 4 members (excludes halogenated alkanes) is 16. The highest BCUT2D eigenvalue weighted by molar-refractivity contribution is 5.67. The van der Waals surface area contributed by atoms with Crippen LogP contribution in [0.15, 0.2) is 12.7 Å². The smallest absolute Gasteiger partial charge is 0.303 e. The third kappa shape index (κ3) is 26.1. The second-order valence-electron chi connectivity index (χ2n) is 11.5. The lowest BCUT2D eigenvalue weighted by molar-refractivity contribution is -0.929. The first-order valence-corrected chi connectivity index (χ1v) is 15.9. The summed E-state index contributed by atoms with van der Waals surface area (Å²) < 4.78 is 0.868. The maximum absolute atomic E-state index is 11.0. The maximum atomic E-state index is 11.0. The Hall–Kier alpha value is -1.89. The van der Waals surface area contributed by atoms with Crippen LogP contribution in [-0.2, 0) is 14.4 Å². The van der Waals surface area contributed by atoms with Crippen molar-refractivity contribution in [2.24, 2.45) is 0 Å². The Balaban J connectivity index is 4.45. The summed E-state index contributed by atoms with van der Waals surface area (Å²) >= 11 is 0. The third-order valence-corrected chi connectivity index (χ3v) is 7.86. The molecule has 0 aromatic heterocycles. The quantitative estimate of drug-likeness (QED) is 0.0452. The monoisotopic (exact) mass is 554 g/mol. The van der Waals surface area contributed by atoms with Gasteiger partial charge in [-0.3, -0.25) is 14.4 Å². The topological polar surface area (TPSA) is 112 Å². The summed E-state index contributed by atoms with van der Waals surface area (Å²) in [6.45, 7) is 7.46. The molecule has 7 nitrogen and oxygen atoms in total.